The second-order valence-corrected chi connectivity index (χ2v) is 3.62. The largest absolute Gasteiger partial charge is 0.478 e. The molecule has 1 rings (SSSR count). The van der Waals surface area contributed by atoms with Crippen molar-refractivity contribution >= 4 is 11.7 Å². The minimum absolute atomic E-state index is 0.132. The van der Waals surface area contributed by atoms with Gasteiger partial charge in [0.15, 0.2) is 0 Å². The minimum Gasteiger partial charge on any atom is -0.478 e. The molecule has 4 N–H and O–H groups in total. The van der Waals surface area contributed by atoms with Crippen molar-refractivity contribution < 1.29 is 9.90 Å². The summed E-state index contributed by atoms with van der Waals surface area (Å²) in [5.74, 6) is -0.918. The fourth-order valence-electron chi connectivity index (χ4n) is 1.23. The van der Waals surface area contributed by atoms with Crippen LogP contribution < -0.4 is 11.1 Å². The molecular weight excluding hydrogens is 192 g/mol. The lowest BCUT2D eigenvalue weighted by Gasteiger charge is -2.15. The third kappa shape index (κ3) is 2.95. The molecule has 1 aromatic rings. The number of carbonyl (C=O) groups is 1. The van der Waals surface area contributed by atoms with Crippen LogP contribution in [0.2, 0.25) is 0 Å². The first-order valence-electron chi connectivity index (χ1n) is 4.85. The van der Waals surface area contributed by atoms with Crippen LogP contribution in [0.25, 0.3) is 0 Å². The molecule has 0 aliphatic carbocycles. The average molecular weight is 208 g/mol. The number of benzene rings is 1. The van der Waals surface area contributed by atoms with Gasteiger partial charge in [0.2, 0.25) is 0 Å². The van der Waals surface area contributed by atoms with Gasteiger partial charge in [-0.15, -0.1) is 0 Å². The molecule has 82 valence electrons. The first-order chi connectivity index (χ1) is 7.04. The zero-order chi connectivity index (χ0) is 11.4. The molecule has 0 bridgehead atoms. The van der Waals surface area contributed by atoms with Gasteiger partial charge in [-0.25, -0.2) is 4.79 Å². The monoisotopic (exact) mass is 208 g/mol. The predicted molar refractivity (Wildman–Crippen MR) is 60.3 cm³/mol. The van der Waals surface area contributed by atoms with Crippen LogP contribution >= 0.6 is 0 Å². The van der Waals surface area contributed by atoms with E-state index in [9.17, 15) is 4.79 Å². The number of nitrogens with one attached hydrogen (secondary N) is 1. The van der Waals surface area contributed by atoms with Crippen LogP contribution in [0.4, 0.5) is 5.69 Å². The van der Waals surface area contributed by atoms with Gasteiger partial charge in [-0.3, -0.25) is 0 Å². The van der Waals surface area contributed by atoms with Gasteiger partial charge in [0.1, 0.15) is 0 Å². The fraction of sp³-hybridized carbons (Fsp3) is 0.364. The van der Waals surface area contributed by atoms with E-state index < -0.39 is 5.97 Å². The third-order valence-corrected chi connectivity index (χ3v) is 2.24. The number of anilines is 1. The van der Waals surface area contributed by atoms with Crippen molar-refractivity contribution in [2.75, 3.05) is 11.9 Å². The molecule has 0 saturated heterocycles. The van der Waals surface area contributed by atoms with Crippen molar-refractivity contribution in [1.29, 1.82) is 0 Å². The summed E-state index contributed by atoms with van der Waals surface area (Å²) in [5, 5.41) is 12.0. The number of hydrogen-bond donors (Lipinski definition) is 3. The maximum Gasteiger partial charge on any atom is 0.335 e. The van der Waals surface area contributed by atoms with Crippen molar-refractivity contribution in [3.63, 3.8) is 0 Å². The molecule has 1 aromatic carbocycles. The van der Waals surface area contributed by atoms with Crippen LogP contribution in [0.1, 0.15) is 22.8 Å². The molecule has 0 saturated carbocycles. The van der Waals surface area contributed by atoms with Gasteiger partial charge in [0, 0.05) is 18.3 Å². The Morgan fingerprint density at radius 2 is 2.27 bits per heavy atom. The van der Waals surface area contributed by atoms with Crippen molar-refractivity contribution in [3.05, 3.63) is 29.3 Å². The normalized spacial score (nSPS) is 12.2. The molecule has 0 radical (unpaired) electrons. The number of carboxylic acids is 1. The van der Waals surface area contributed by atoms with Gasteiger partial charge >= 0.3 is 5.97 Å². The van der Waals surface area contributed by atoms with Gasteiger partial charge in [0.05, 0.1) is 5.56 Å². The number of nitrogens with two attached hydrogens (primary N) is 1. The molecule has 4 heteroatoms. The standard InChI is InChI=1S/C11H16N2O2/c1-7-3-4-9(11(14)15)5-10(7)13-8(2)6-12/h3-5,8,13H,6,12H2,1-2H3,(H,14,15). The topological polar surface area (TPSA) is 75.3 Å². The van der Waals surface area contributed by atoms with Gasteiger partial charge < -0.3 is 16.2 Å². The molecule has 15 heavy (non-hydrogen) atoms. The Labute approximate surface area is 89.1 Å². The highest BCUT2D eigenvalue weighted by molar-refractivity contribution is 5.89. The van der Waals surface area contributed by atoms with Gasteiger partial charge in [-0.1, -0.05) is 6.07 Å². The van der Waals surface area contributed by atoms with E-state index in [2.05, 4.69) is 5.32 Å². The van der Waals surface area contributed by atoms with Crippen LogP contribution in [-0.2, 0) is 0 Å². The highest BCUT2D eigenvalue weighted by Gasteiger charge is 2.07. The summed E-state index contributed by atoms with van der Waals surface area (Å²) in [6.07, 6.45) is 0. The maximum absolute atomic E-state index is 10.8. The number of rotatable bonds is 4. The van der Waals surface area contributed by atoms with E-state index in [1.807, 2.05) is 13.8 Å². The van der Waals surface area contributed by atoms with E-state index in [1.165, 1.54) is 0 Å². The Hall–Kier alpha value is -1.55. The molecule has 0 fully saturated rings. The van der Waals surface area contributed by atoms with Gasteiger partial charge in [-0.05, 0) is 31.5 Å². The molecule has 4 nitrogen and oxygen atoms in total. The van der Waals surface area contributed by atoms with Crippen LogP contribution in [0, 0.1) is 6.92 Å². The van der Waals surface area contributed by atoms with E-state index in [0.717, 1.165) is 11.3 Å². The molecule has 0 aliphatic heterocycles. The van der Waals surface area contributed by atoms with Crippen molar-refractivity contribution in [2.45, 2.75) is 19.9 Å². The van der Waals surface area contributed by atoms with E-state index in [-0.39, 0.29) is 11.6 Å². The molecule has 0 aliphatic rings. The lowest BCUT2D eigenvalue weighted by Crippen LogP contribution is -2.25. The van der Waals surface area contributed by atoms with E-state index >= 15 is 0 Å². The Balaban J connectivity index is 2.95. The average Bonchev–Trinajstić information content (AvgIpc) is 2.20. The number of aromatic carboxylic acids is 1. The number of hydrogen-bond acceptors (Lipinski definition) is 3. The summed E-state index contributed by atoms with van der Waals surface area (Å²) in [6.45, 7) is 4.39. The Kier molecular flexibility index (Phi) is 3.68. The fourth-order valence-corrected chi connectivity index (χ4v) is 1.23. The lowest BCUT2D eigenvalue weighted by molar-refractivity contribution is 0.0697. The molecule has 0 heterocycles. The smallest absolute Gasteiger partial charge is 0.335 e. The van der Waals surface area contributed by atoms with Crippen molar-refractivity contribution in [3.8, 4) is 0 Å². The van der Waals surface area contributed by atoms with Crippen molar-refractivity contribution in [1.82, 2.24) is 0 Å². The van der Waals surface area contributed by atoms with Crippen LogP contribution in [-0.4, -0.2) is 23.7 Å². The molecule has 0 amide bonds. The minimum atomic E-state index is -0.918. The summed E-state index contributed by atoms with van der Waals surface area (Å²) in [4.78, 5) is 10.8. The highest BCUT2D eigenvalue weighted by atomic mass is 16.4. The van der Waals surface area contributed by atoms with E-state index in [1.54, 1.807) is 18.2 Å². The summed E-state index contributed by atoms with van der Waals surface area (Å²) < 4.78 is 0. The van der Waals surface area contributed by atoms with Gasteiger partial charge in [-0.2, -0.15) is 0 Å². The Morgan fingerprint density at radius 3 is 2.80 bits per heavy atom. The zero-order valence-corrected chi connectivity index (χ0v) is 8.95. The maximum atomic E-state index is 10.8. The quantitative estimate of drug-likeness (QED) is 0.700. The second-order valence-electron chi connectivity index (χ2n) is 3.62. The van der Waals surface area contributed by atoms with E-state index in [0.29, 0.717) is 6.54 Å². The molecule has 0 aromatic heterocycles. The first-order valence-corrected chi connectivity index (χ1v) is 4.85. The Morgan fingerprint density at radius 1 is 1.60 bits per heavy atom. The SMILES string of the molecule is Cc1ccc(C(=O)O)cc1NC(C)CN. The van der Waals surface area contributed by atoms with Crippen molar-refractivity contribution in [2.24, 2.45) is 5.73 Å². The van der Waals surface area contributed by atoms with Crippen LogP contribution in [0.5, 0.6) is 0 Å². The molecule has 0 spiro atoms. The Bertz CT molecular complexity index is 364. The first kappa shape index (κ1) is 11.5. The third-order valence-electron chi connectivity index (χ3n) is 2.24. The summed E-state index contributed by atoms with van der Waals surface area (Å²) in [5.41, 5.74) is 7.61. The summed E-state index contributed by atoms with van der Waals surface area (Å²) >= 11 is 0. The van der Waals surface area contributed by atoms with Crippen LogP contribution in [0.3, 0.4) is 0 Å². The zero-order valence-electron chi connectivity index (χ0n) is 8.95. The molecule has 1 atom stereocenters. The molecular formula is C11H16N2O2. The van der Waals surface area contributed by atoms with E-state index in [4.69, 9.17) is 10.8 Å². The number of aryl methyl sites for hydroxylation is 1. The van der Waals surface area contributed by atoms with Crippen LogP contribution in [0.15, 0.2) is 18.2 Å². The summed E-state index contributed by atoms with van der Waals surface area (Å²) in [7, 11) is 0. The second kappa shape index (κ2) is 4.79. The predicted octanol–water partition coefficient (Wildman–Crippen LogP) is 1.45. The summed E-state index contributed by atoms with van der Waals surface area (Å²) in [6, 6.07) is 5.14. The molecule has 1 unspecified atom stereocenters. The number of carboxylic acid groups (broad SMARTS) is 1. The lowest BCUT2D eigenvalue weighted by atomic mass is 10.1. The van der Waals surface area contributed by atoms with Gasteiger partial charge in [0.25, 0.3) is 0 Å². The highest BCUT2D eigenvalue weighted by Crippen LogP contribution is 2.17.